The van der Waals surface area contributed by atoms with Crippen molar-refractivity contribution >= 4 is 11.9 Å². The molecule has 0 N–H and O–H groups in total. The van der Waals surface area contributed by atoms with E-state index in [9.17, 15) is 18.0 Å². The fourth-order valence-electron chi connectivity index (χ4n) is 2.12. The molecule has 23 heavy (non-hydrogen) atoms. The Morgan fingerprint density at radius 2 is 1.74 bits per heavy atom. The maximum atomic E-state index is 12.7. The Morgan fingerprint density at radius 1 is 1.13 bits per heavy atom. The highest BCUT2D eigenvalue weighted by atomic mass is 19.4. The van der Waals surface area contributed by atoms with Crippen molar-refractivity contribution in [1.82, 2.24) is 14.9 Å². The van der Waals surface area contributed by atoms with Crippen LogP contribution in [0.2, 0.25) is 0 Å². The first-order valence-electron chi connectivity index (χ1n) is 7.18. The molecule has 0 saturated carbocycles. The molecule has 1 aromatic heterocycles. The lowest BCUT2D eigenvalue weighted by Crippen LogP contribution is -2.50. The van der Waals surface area contributed by atoms with Gasteiger partial charge >= 0.3 is 12.3 Å². The Hall–Kier alpha value is -2.06. The lowest BCUT2D eigenvalue weighted by Gasteiger charge is -2.36. The van der Waals surface area contributed by atoms with Crippen molar-refractivity contribution in [2.24, 2.45) is 0 Å². The topological polar surface area (TPSA) is 58.6 Å². The number of hydrogen-bond acceptors (Lipinski definition) is 5. The van der Waals surface area contributed by atoms with E-state index >= 15 is 0 Å². The molecule has 128 valence electrons. The zero-order valence-corrected chi connectivity index (χ0v) is 13.2. The molecule has 0 bridgehead atoms. The van der Waals surface area contributed by atoms with Gasteiger partial charge in [0.1, 0.15) is 23.4 Å². The number of ether oxygens (including phenoxy) is 1. The van der Waals surface area contributed by atoms with Gasteiger partial charge in [0.2, 0.25) is 0 Å². The summed E-state index contributed by atoms with van der Waals surface area (Å²) in [4.78, 5) is 22.3. The fraction of sp³-hybridized carbons (Fsp3) is 0.643. The quantitative estimate of drug-likeness (QED) is 0.791. The first-order valence-corrected chi connectivity index (χ1v) is 7.18. The van der Waals surface area contributed by atoms with Crippen molar-refractivity contribution in [2.75, 3.05) is 31.1 Å². The number of halogens is 3. The van der Waals surface area contributed by atoms with Gasteiger partial charge in [0.25, 0.3) is 0 Å². The van der Waals surface area contributed by atoms with Crippen LogP contribution in [-0.4, -0.2) is 52.7 Å². The largest absolute Gasteiger partial charge is 0.444 e. The Kier molecular flexibility index (Phi) is 4.67. The molecule has 1 aliphatic heterocycles. The van der Waals surface area contributed by atoms with Gasteiger partial charge in [-0.2, -0.15) is 13.2 Å². The van der Waals surface area contributed by atoms with Crippen molar-refractivity contribution in [3.63, 3.8) is 0 Å². The average Bonchev–Trinajstić information content (AvgIpc) is 2.45. The SMILES string of the molecule is CC(C)(C)OC(=O)N1CCN(c2cc(C(F)(F)F)ncn2)CC1. The second-order valence-electron chi connectivity index (χ2n) is 6.21. The van der Waals surface area contributed by atoms with E-state index < -0.39 is 23.6 Å². The highest BCUT2D eigenvalue weighted by molar-refractivity contribution is 5.68. The Morgan fingerprint density at radius 3 is 2.26 bits per heavy atom. The van der Waals surface area contributed by atoms with E-state index in [1.807, 2.05) is 0 Å². The molecule has 1 aliphatic rings. The van der Waals surface area contributed by atoms with E-state index in [0.29, 0.717) is 26.2 Å². The molecule has 0 aliphatic carbocycles. The Bertz CT molecular complexity index is 564. The Balaban J connectivity index is 1.98. The average molecular weight is 332 g/mol. The lowest BCUT2D eigenvalue weighted by atomic mass is 10.2. The van der Waals surface area contributed by atoms with Gasteiger partial charge in [-0.25, -0.2) is 14.8 Å². The number of carbonyl (C=O) groups is 1. The van der Waals surface area contributed by atoms with Crippen LogP contribution in [0.15, 0.2) is 12.4 Å². The molecule has 2 heterocycles. The van der Waals surface area contributed by atoms with Crippen molar-refractivity contribution in [1.29, 1.82) is 0 Å². The van der Waals surface area contributed by atoms with Crippen LogP contribution in [0.3, 0.4) is 0 Å². The fourth-order valence-corrected chi connectivity index (χ4v) is 2.12. The molecule has 1 amide bonds. The van der Waals surface area contributed by atoms with Crippen molar-refractivity contribution in [3.8, 4) is 0 Å². The maximum absolute atomic E-state index is 12.7. The Labute approximate surface area is 132 Å². The van der Waals surface area contributed by atoms with Crippen LogP contribution < -0.4 is 4.90 Å². The molecule has 0 unspecified atom stereocenters. The minimum absolute atomic E-state index is 0.205. The molecule has 0 atom stereocenters. The summed E-state index contributed by atoms with van der Waals surface area (Å²) in [5, 5.41) is 0. The molecule has 0 spiro atoms. The second kappa shape index (κ2) is 6.21. The first-order chi connectivity index (χ1) is 10.6. The smallest absolute Gasteiger partial charge is 0.433 e. The number of carbonyl (C=O) groups excluding carboxylic acids is 1. The van der Waals surface area contributed by atoms with Crippen LogP contribution >= 0.6 is 0 Å². The molecule has 6 nitrogen and oxygen atoms in total. The molecule has 2 rings (SSSR count). The molecule has 1 aromatic rings. The van der Waals surface area contributed by atoms with E-state index in [1.165, 1.54) is 4.90 Å². The van der Waals surface area contributed by atoms with Gasteiger partial charge in [-0.15, -0.1) is 0 Å². The van der Waals surface area contributed by atoms with Crippen molar-refractivity contribution in [2.45, 2.75) is 32.5 Å². The minimum Gasteiger partial charge on any atom is -0.444 e. The molecule has 0 radical (unpaired) electrons. The minimum atomic E-state index is -4.50. The van der Waals surface area contributed by atoms with E-state index in [4.69, 9.17) is 4.74 Å². The lowest BCUT2D eigenvalue weighted by molar-refractivity contribution is -0.141. The molecular formula is C14H19F3N4O2. The van der Waals surface area contributed by atoms with Gasteiger partial charge in [0.05, 0.1) is 0 Å². The zero-order chi connectivity index (χ0) is 17.3. The summed E-state index contributed by atoms with van der Waals surface area (Å²) in [6.45, 7) is 6.82. The zero-order valence-electron chi connectivity index (χ0n) is 13.2. The monoisotopic (exact) mass is 332 g/mol. The number of nitrogens with zero attached hydrogens (tertiary/aromatic N) is 4. The predicted molar refractivity (Wildman–Crippen MR) is 77.1 cm³/mol. The molecule has 1 fully saturated rings. The van der Waals surface area contributed by atoms with Gasteiger partial charge in [-0.05, 0) is 20.8 Å². The van der Waals surface area contributed by atoms with Gasteiger partial charge in [-0.3, -0.25) is 0 Å². The highest BCUT2D eigenvalue weighted by Crippen LogP contribution is 2.29. The summed E-state index contributed by atoms with van der Waals surface area (Å²) in [5.41, 5.74) is -1.56. The van der Waals surface area contributed by atoms with Crippen LogP contribution in [0.1, 0.15) is 26.5 Å². The summed E-state index contributed by atoms with van der Waals surface area (Å²) in [6, 6.07) is 0.920. The summed E-state index contributed by atoms with van der Waals surface area (Å²) in [6.07, 6.45) is -4.02. The third-order valence-electron chi connectivity index (χ3n) is 3.20. The predicted octanol–water partition coefficient (Wildman–Crippen LogP) is 2.55. The summed E-state index contributed by atoms with van der Waals surface area (Å²) in [5.74, 6) is 0.205. The third-order valence-corrected chi connectivity index (χ3v) is 3.20. The standard InChI is InChI=1S/C14H19F3N4O2/c1-13(2,3)23-12(22)21-6-4-20(5-7-21)11-8-10(14(15,16)17)18-9-19-11/h8-9H,4-7H2,1-3H3. The first kappa shape index (κ1) is 17.3. The van der Waals surface area contributed by atoms with Crippen LogP contribution in [-0.2, 0) is 10.9 Å². The maximum Gasteiger partial charge on any atom is 0.433 e. The summed E-state index contributed by atoms with van der Waals surface area (Å²) in [7, 11) is 0. The molecular weight excluding hydrogens is 313 g/mol. The highest BCUT2D eigenvalue weighted by Gasteiger charge is 2.34. The van der Waals surface area contributed by atoms with Crippen LogP contribution in [0.25, 0.3) is 0 Å². The van der Waals surface area contributed by atoms with E-state index in [1.54, 1.807) is 25.7 Å². The number of alkyl halides is 3. The van der Waals surface area contributed by atoms with E-state index in [-0.39, 0.29) is 5.82 Å². The number of anilines is 1. The summed E-state index contributed by atoms with van der Waals surface area (Å²) < 4.78 is 43.3. The molecule has 1 saturated heterocycles. The molecule has 0 aromatic carbocycles. The van der Waals surface area contributed by atoms with Crippen molar-refractivity contribution in [3.05, 3.63) is 18.1 Å². The number of piperazine rings is 1. The number of aromatic nitrogens is 2. The van der Waals surface area contributed by atoms with Gasteiger partial charge < -0.3 is 14.5 Å². The number of hydrogen-bond donors (Lipinski definition) is 0. The van der Waals surface area contributed by atoms with E-state index in [2.05, 4.69) is 9.97 Å². The third kappa shape index (κ3) is 4.70. The summed E-state index contributed by atoms with van der Waals surface area (Å²) >= 11 is 0. The normalized spacial score (nSPS) is 16.4. The number of rotatable bonds is 1. The van der Waals surface area contributed by atoms with Gasteiger partial charge in [0, 0.05) is 32.2 Å². The second-order valence-corrected chi connectivity index (χ2v) is 6.21. The van der Waals surface area contributed by atoms with Gasteiger partial charge in [0.15, 0.2) is 0 Å². The van der Waals surface area contributed by atoms with Crippen LogP contribution in [0.4, 0.5) is 23.8 Å². The van der Waals surface area contributed by atoms with Gasteiger partial charge in [-0.1, -0.05) is 0 Å². The van der Waals surface area contributed by atoms with Crippen LogP contribution in [0.5, 0.6) is 0 Å². The number of amides is 1. The van der Waals surface area contributed by atoms with E-state index in [0.717, 1.165) is 12.4 Å². The van der Waals surface area contributed by atoms with Crippen LogP contribution in [0, 0.1) is 0 Å². The van der Waals surface area contributed by atoms with Crippen molar-refractivity contribution < 1.29 is 22.7 Å². The molecule has 9 heteroatoms.